The van der Waals surface area contributed by atoms with Crippen molar-refractivity contribution in [2.45, 2.75) is 6.92 Å². The maximum absolute atomic E-state index is 13.5. The van der Waals surface area contributed by atoms with Crippen molar-refractivity contribution in [3.8, 4) is 5.75 Å². The van der Waals surface area contributed by atoms with E-state index in [9.17, 15) is 14.4 Å². The van der Waals surface area contributed by atoms with Gasteiger partial charge in [0.05, 0.1) is 7.11 Å². The van der Waals surface area contributed by atoms with E-state index in [2.05, 4.69) is 0 Å². The van der Waals surface area contributed by atoms with E-state index < -0.39 is 0 Å². The average molecular weight is 465 g/mol. The normalized spacial score (nSPS) is 12.7. The van der Waals surface area contributed by atoms with Crippen molar-refractivity contribution >= 4 is 34.2 Å². The Balaban J connectivity index is 1.46. The van der Waals surface area contributed by atoms with Crippen LogP contribution in [-0.2, 0) is 0 Å². The second-order valence-electron chi connectivity index (χ2n) is 8.49. The number of benzene rings is 4. The van der Waals surface area contributed by atoms with Gasteiger partial charge < -0.3 is 9.64 Å². The number of ether oxygens (including phenoxy) is 1. The summed E-state index contributed by atoms with van der Waals surface area (Å²) >= 11 is 0. The minimum atomic E-state index is -0.350. The number of nitrogens with zero attached hydrogens (tertiary/aromatic N) is 2. The summed E-state index contributed by atoms with van der Waals surface area (Å²) in [6.07, 6.45) is 0. The monoisotopic (exact) mass is 464 g/mol. The maximum Gasteiger partial charge on any atom is 0.261 e. The van der Waals surface area contributed by atoms with Gasteiger partial charge in [-0.2, -0.15) is 0 Å². The lowest BCUT2D eigenvalue weighted by atomic mass is 9.94. The minimum Gasteiger partial charge on any atom is -0.497 e. The smallest absolute Gasteiger partial charge is 0.261 e. The maximum atomic E-state index is 13.5. The van der Waals surface area contributed by atoms with Gasteiger partial charge in [0.2, 0.25) is 0 Å². The standard InChI is InChI=1S/C29H24N2O4/c1-19-9-11-21(12-10-19)27(32)30(22-13-15-23(35-2)16-14-22)17-18-31-28(33)24-7-3-5-20-6-4-8-25(26(20)24)29(31)34/h3-16H,17-18H2,1-2H3. The van der Waals surface area contributed by atoms with Gasteiger partial charge in [-0.25, -0.2) is 0 Å². The molecule has 0 radical (unpaired) electrons. The Morgan fingerprint density at radius 1 is 0.829 bits per heavy atom. The number of amides is 3. The van der Waals surface area contributed by atoms with E-state index in [0.717, 1.165) is 10.9 Å². The SMILES string of the molecule is COc1ccc(N(CCN2C(=O)c3cccc4cccc(c34)C2=O)C(=O)c2ccc(C)cc2)cc1. The Hall–Kier alpha value is -4.45. The Labute approximate surface area is 203 Å². The summed E-state index contributed by atoms with van der Waals surface area (Å²) in [5.74, 6) is -0.245. The van der Waals surface area contributed by atoms with Gasteiger partial charge in [-0.15, -0.1) is 0 Å². The van der Waals surface area contributed by atoms with Crippen LogP contribution in [0, 0.1) is 6.92 Å². The fraction of sp³-hybridized carbons (Fsp3) is 0.138. The van der Waals surface area contributed by atoms with Crippen molar-refractivity contribution in [3.63, 3.8) is 0 Å². The van der Waals surface area contributed by atoms with E-state index in [1.807, 2.05) is 43.3 Å². The van der Waals surface area contributed by atoms with Gasteiger partial charge in [-0.05, 0) is 60.8 Å². The predicted octanol–water partition coefficient (Wildman–Crippen LogP) is 5.10. The summed E-state index contributed by atoms with van der Waals surface area (Å²) in [6.45, 7) is 2.17. The van der Waals surface area contributed by atoms with Gasteiger partial charge >= 0.3 is 0 Å². The molecule has 0 unspecified atom stereocenters. The van der Waals surface area contributed by atoms with Crippen LogP contribution in [0.1, 0.15) is 36.6 Å². The number of methoxy groups -OCH3 is 1. The molecule has 0 atom stereocenters. The van der Waals surface area contributed by atoms with E-state index in [0.29, 0.717) is 33.5 Å². The van der Waals surface area contributed by atoms with E-state index >= 15 is 0 Å². The van der Waals surface area contributed by atoms with Crippen LogP contribution < -0.4 is 9.64 Å². The number of imide groups is 1. The highest BCUT2D eigenvalue weighted by atomic mass is 16.5. The van der Waals surface area contributed by atoms with Crippen LogP contribution in [0.3, 0.4) is 0 Å². The molecule has 0 bridgehead atoms. The van der Waals surface area contributed by atoms with Gasteiger partial charge in [-0.3, -0.25) is 19.3 Å². The lowest BCUT2D eigenvalue weighted by Gasteiger charge is -2.30. The molecule has 1 aliphatic heterocycles. The first-order valence-electron chi connectivity index (χ1n) is 11.4. The van der Waals surface area contributed by atoms with Crippen LogP contribution in [0.5, 0.6) is 5.75 Å². The van der Waals surface area contributed by atoms with Crippen LogP contribution in [0.4, 0.5) is 5.69 Å². The zero-order chi connectivity index (χ0) is 24.5. The molecule has 0 aromatic heterocycles. The van der Waals surface area contributed by atoms with Crippen molar-refractivity contribution in [1.82, 2.24) is 4.90 Å². The third kappa shape index (κ3) is 4.04. The molecule has 6 nitrogen and oxygen atoms in total. The molecule has 4 aromatic carbocycles. The highest BCUT2D eigenvalue weighted by molar-refractivity contribution is 6.25. The molecule has 0 fully saturated rings. The zero-order valence-electron chi connectivity index (χ0n) is 19.5. The topological polar surface area (TPSA) is 66.9 Å². The zero-order valence-corrected chi connectivity index (χ0v) is 19.5. The summed E-state index contributed by atoms with van der Waals surface area (Å²) in [4.78, 5) is 42.9. The molecule has 3 amide bonds. The molecular weight excluding hydrogens is 440 g/mol. The van der Waals surface area contributed by atoms with Crippen molar-refractivity contribution in [3.05, 3.63) is 107 Å². The van der Waals surface area contributed by atoms with E-state index in [4.69, 9.17) is 4.74 Å². The Morgan fingerprint density at radius 3 is 2.00 bits per heavy atom. The van der Waals surface area contributed by atoms with Gasteiger partial charge in [-0.1, -0.05) is 42.0 Å². The average Bonchev–Trinajstić information content (AvgIpc) is 2.89. The minimum absolute atomic E-state index is 0.0615. The second kappa shape index (κ2) is 9.06. The molecule has 1 aliphatic rings. The number of anilines is 1. The van der Waals surface area contributed by atoms with Crippen molar-refractivity contribution < 1.29 is 19.1 Å². The lowest BCUT2D eigenvalue weighted by Crippen LogP contribution is -2.46. The van der Waals surface area contributed by atoms with E-state index in [1.54, 1.807) is 60.5 Å². The Kier molecular flexibility index (Phi) is 5.79. The second-order valence-corrected chi connectivity index (χ2v) is 8.49. The molecule has 0 spiro atoms. The lowest BCUT2D eigenvalue weighted by molar-refractivity contribution is 0.0611. The molecule has 0 aliphatic carbocycles. The van der Waals surface area contributed by atoms with Crippen molar-refractivity contribution in [1.29, 1.82) is 0 Å². The fourth-order valence-corrected chi connectivity index (χ4v) is 4.45. The van der Waals surface area contributed by atoms with Crippen LogP contribution >= 0.6 is 0 Å². The molecule has 4 aromatic rings. The predicted molar refractivity (Wildman–Crippen MR) is 135 cm³/mol. The molecular formula is C29H24N2O4. The first kappa shape index (κ1) is 22.3. The third-order valence-corrected chi connectivity index (χ3v) is 6.33. The first-order chi connectivity index (χ1) is 17.0. The van der Waals surface area contributed by atoms with Gasteiger partial charge in [0, 0.05) is 40.9 Å². The van der Waals surface area contributed by atoms with Crippen LogP contribution in [0.2, 0.25) is 0 Å². The quantitative estimate of drug-likeness (QED) is 0.373. The molecule has 174 valence electrons. The Morgan fingerprint density at radius 2 is 1.43 bits per heavy atom. The molecule has 0 saturated carbocycles. The molecule has 6 heteroatoms. The summed E-state index contributed by atoms with van der Waals surface area (Å²) < 4.78 is 5.25. The van der Waals surface area contributed by atoms with Crippen molar-refractivity contribution in [2.24, 2.45) is 0 Å². The van der Waals surface area contributed by atoms with Crippen LogP contribution in [0.25, 0.3) is 10.8 Å². The Bertz CT molecular complexity index is 1390. The van der Waals surface area contributed by atoms with Crippen molar-refractivity contribution in [2.75, 3.05) is 25.1 Å². The number of hydrogen-bond donors (Lipinski definition) is 0. The molecule has 0 N–H and O–H groups in total. The van der Waals surface area contributed by atoms with Crippen LogP contribution in [-0.4, -0.2) is 42.8 Å². The van der Waals surface area contributed by atoms with Gasteiger partial charge in [0.15, 0.2) is 0 Å². The van der Waals surface area contributed by atoms with Gasteiger partial charge in [0.1, 0.15) is 5.75 Å². The number of carbonyl (C=O) groups is 3. The van der Waals surface area contributed by atoms with Crippen LogP contribution in [0.15, 0.2) is 84.9 Å². The van der Waals surface area contributed by atoms with E-state index in [-0.39, 0.29) is 30.8 Å². The summed E-state index contributed by atoms with van der Waals surface area (Å²) in [5, 5.41) is 1.54. The van der Waals surface area contributed by atoms with E-state index in [1.165, 1.54) is 4.90 Å². The summed E-state index contributed by atoms with van der Waals surface area (Å²) in [7, 11) is 1.58. The van der Waals surface area contributed by atoms with Gasteiger partial charge in [0.25, 0.3) is 17.7 Å². The molecule has 0 saturated heterocycles. The largest absolute Gasteiger partial charge is 0.497 e. The number of rotatable bonds is 6. The highest BCUT2D eigenvalue weighted by Gasteiger charge is 2.33. The molecule has 35 heavy (non-hydrogen) atoms. The summed E-state index contributed by atoms with van der Waals surface area (Å²) in [6, 6.07) is 25.4. The first-order valence-corrected chi connectivity index (χ1v) is 11.4. The summed E-state index contributed by atoms with van der Waals surface area (Å²) in [5.41, 5.74) is 3.22. The molecule has 5 rings (SSSR count). The highest BCUT2D eigenvalue weighted by Crippen LogP contribution is 2.30. The number of hydrogen-bond acceptors (Lipinski definition) is 4. The third-order valence-electron chi connectivity index (χ3n) is 6.33. The number of aryl methyl sites for hydroxylation is 1. The number of carbonyl (C=O) groups excluding carboxylic acids is 3. The fourth-order valence-electron chi connectivity index (χ4n) is 4.45. The molecule has 1 heterocycles.